The van der Waals surface area contributed by atoms with Crippen molar-refractivity contribution in [3.63, 3.8) is 0 Å². The van der Waals surface area contributed by atoms with E-state index in [4.69, 9.17) is 17.0 Å². The Bertz CT molecular complexity index is 659. The van der Waals surface area contributed by atoms with Crippen LogP contribution in [-0.4, -0.2) is 18.1 Å². The minimum atomic E-state index is -0.598. The van der Waals surface area contributed by atoms with Crippen molar-refractivity contribution in [3.8, 4) is 5.75 Å². The van der Waals surface area contributed by atoms with Crippen LogP contribution in [0.1, 0.15) is 10.4 Å². The summed E-state index contributed by atoms with van der Waals surface area (Å²) in [6.45, 7) is 0. The zero-order valence-electron chi connectivity index (χ0n) is 11.2. The van der Waals surface area contributed by atoms with E-state index in [1.165, 1.54) is 18.2 Å². The monoisotopic (exact) mass is 304 g/mol. The average Bonchev–Trinajstić information content (AvgIpc) is 2.48. The largest absolute Gasteiger partial charge is 0.497 e. The number of carbonyl (C=O) groups is 1. The Morgan fingerprint density at radius 3 is 2.43 bits per heavy atom. The van der Waals surface area contributed by atoms with E-state index in [-0.39, 0.29) is 10.7 Å². The van der Waals surface area contributed by atoms with E-state index in [9.17, 15) is 9.18 Å². The van der Waals surface area contributed by atoms with E-state index in [1.807, 2.05) is 0 Å². The lowest BCUT2D eigenvalue weighted by atomic mass is 10.2. The summed E-state index contributed by atoms with van der Waals surface area (Å²) in [5, 5.41) is 5.35. The molecule has 0 saturated carbocycles. The molecule has 0 radical (unpaired) electrons. The van der Waals surface area contributed by atoms with Crippen LogP contribution in [0.4, 0.5) is 10.1 Å². The number of methoxy groups -OCH3 is 1. The van der Waals surface area contributed by atoms with Crippen molar-refractivity contribution in [3.05, 3.63) is 59.9 Å². The molecule has 0 spiro atoms. The summed E-state index contributed by atoms with van der Waals surface area (Å²) in [6.07, 6.45) is 0. The maximum atomic E-state index is 13.5. The Hall–Kier alpha value is -2.47. The molecule has 0 heterocycles. The lowest BCUT2D eigenvalue weighted by Crippen LogP contribution is -2.34. The first-order valence-electron chi connectivity index (χ1n) is 6.11. The number of anilines is 1. The number of thiocarbonyl (C=S) groups is 1. The highest BCUT2D eigenvalue weighted by molar-refractivity contribution is 7.80. The number of hydrogen-bond acceptors (Lipinski definition) is 3. The fourth-order valence-electron chi connectivity index (χ4n) is 1.65. The number of halogens is 1. The van der Waals surface area contributed by atoms with Crippen molar-refractivity contribution >= 4 is 28.9 Å². The van der Waals surface area contributed by atoms with Crippen molar-refractivity contribution in [1.29, 1.82) is 0 Å². The SMILES string of the molecule is COc1ccc(NC(=S)NC(=O)c2ccccc2F)cc1. The van der Waals surface area contributed by atoms with Crippen molar-refractivity contribution in [2.24, 2.45) is 0 Å². The zero-order valence-corrected chi connectivity index (χ0v) is 12.0. The quantitative estimate of drug-likeness (QED) is 0.856. The second-order valence-corrected chi connectivity index (χ2v) is 4.52. The second kappa shape index (κ2) is 6.81. The van der Waals surface area contributed by atoms with Crippen LogP contribution < -0.4 is 15.4 Å². The first kappa shape index (κ1) is 14.9. The predicted molar refractivity (Wildman–Crippen MR) is 83.1 cm³/mol. The molecule has 6 heteroatoms. The van der Waals surface area contributed by atoms with Gasteiger partial charge in [0.25, 0.3) is 5.91 Å². The minimum Gasteiger partial charge on any atom is -0.497 e. The van der Waals surface area contributed by atoms with Crippen molar-refractivity contribution in [2.45, 2.75) is 0 Å². The van der Waals surface area contributed by atoms with E-state index in [0.29, 0.717) is 11.4 Å². The number of carbonyl (C=O) groups excluding carboxylic acids is 1. The highest BCUT2D eigenvalue weighted by Gasteiger charge is 2.12. The third-order valence-corrected chi connectivity index (χ3v) is 2.90. The van der Waals surface area contributed by atoms with Crippen LogP contribution in [0.3, 0.4) is 0 Å². The third-order valence-electron chi connectivity index (χ3n) is 2.69. The molecule has 0 atom stereocenters. The van der Waals surface area contributed by atoms with E-state index in [1.54, 1.807) is 37.4 Å². The van der Waals surface area contributed by atoms with E-state index in [0.717, 1.165) is 0 Å². The average molecular weight is 304 g/mol. The Morgan fingerprint density at radius 2 is 1.81 bits per heavy atom. The van der Waals surface area contributed by atoms with Gasteiger partial charge in [0, 0.05) is 5.69 Å². The molecule has 1 amide bonds. The smallest absolute Gasteiger partial charge is 0.260 e. The number of rotatable bonds is 3. The summed E-state index contributed by atoms with van der Waals surface area (Å²) in [5.74, 6) is -0.483. The number of nitrogens with one attached hydrogen (secondary N) is 2. The van der Waals surface area contributed by atoms with Gasteiger partial charge < -0.3 is 10.1 Å². The molecule has 0 aromatic heterocycles. The molecule has 2 N–H and O–H groups in total. The lowest BCUT2D eigenvalue weighted by molar-refractivity contribution is 0.0974. The van der Waals surface area contributed by atoms with Crippen molar-refractivity contribution < 1.29 is 13.9 Å². The van der Waals surface area contributed by atoms with Crippen molar-refractivity contribution in [1.82, 2.24) is 5.32 Å². The number of hydrogen-bond donors (Lipinski definition) is 2. The number of benzene rings is 2. The topological polar surface area (TPSA) is 50.4 Å². The maximum absolute atomic E-state index is 13.5. The predicted octanol–water partition coefficient (Wildman–Crippen LogP) is 2.96. The van der Waals surface area contributed by atoms with Crippen LogP contribution in [0, 0.1) is 5.82 Å². The van der Waals surface area contributed by atoms with Crippen LogP contribution in [0.15, 0.2) is 48.5 Å². The fraction of sp³-hybridized carbons (Fsp3) is 0.0667. The van der Waals surface area contributed by atoms with E-state index < -0.39 is 11.7 Å². The van der Waals surface area contributed by atoms with Gasteiger partial charge in [-0.3, -0.25) is 10.1 Å². The van der Waals surface area contributed by atoms with Gasteiger partial charge in [0.2, 0.25) is 0 Å². The number of ether oxygens (including phenoxy) is 1. The van der Waals surface area contributed by atoms with Crippen LogP contribution in [0.25, 0.3) is 0 Å². The molecule has 108 valence electrons. The molecular weight excluding hydrogens is 291 g/mol. The highest BCUT2D eigenvalue weighted by Crippen LogP contribution is 2.15. The Balaban J connectivity index is 1.98. The summed E-state index contributed by atoms with van der Waals surface area (Å²) >= 11 is 5.02. The normalized spacial score (nSPS) is 9.81. The number of amides is 1. The van der Waals surface area contributed by atoms with Gasteiger partial charge in [-0.2, -0.15) is 0 Å². The van der Waals surface area contributed by atoms with E-state index >= 15 is 0 Å². The Kier molecular flexibility index (Phi) is 4.84. The van der Waals surface area contributed by atoms with Gasteiger partial charge in [0.1, 0.15) is 11.6 Å². The van der Waals surface area contributed by atoms with Gasteiger partial charge >= 0.3 is 0 Å². The summed E-state index contributed by atoms with van der Waals surface area (Å²) in [5.41, 5.74) is 0.631. The van der Waals surface area contributed by atoms with E-state index in [2.05, 4.69) is 10.6 Å². The fourth-order valence-corrected chi connectivity index (χ4v) is 1.86. The summed E-state index contributed by atoms with van der Waals surface area (Å²) < 4.78 is 18.5. The van der Waals surface area contributed by atoms with Gasteiger partial charge in [-0.15, -0.1) is 0 Å². The molecule has 0 saturated heterocycles. The lowest BCUT2D eigenvalue weighted by Gasteiger charge is -2.10. The first-order valence-corrected chi connectivity index (χ1v) is 6.52. The van der Waals surface area contributed by atoms with Crippen molar-refractivity contribution in [2.75, 3.05) is 12.4 Å². The molecule has 0 aliphatic heterocycles. The van der Waals surface area contributed by atoms with Crippen LogP contribution in [-0.2, 0) is 0 Å². The Labute approximate surface area is 126 Å². The standard InChI is InChI=1S/C15H13FN2O2S/c1-20-11-8-6-10(7-9-11)17-15(21)18-14(19)12-4-2-3-5-13(12)16/h2-9H,1H3,(H2,17,18,19,21). The molecule has 0 bridgehead atoms. The molecule has 0 aliphatic rings. The molecule has 0 aliphatic carbocycles. The van der Waals surface area contributed by atoms with Gasteiger partial charge in [-0.1, -0.05) is 12.1 Å². The van der Waals surface area contributed by atoms with Gasteiger partial charge in [0.05, 0.1) is 12.7 Å². The highest BCUT2D eigenvalue weighted by atomic mass is 32.1. The maximum Gasteiger partial charge on any atom is 0.260 e. The summed E-state index contributed by atoms with van der Waals surface area (Å²) in [4.78, 5) is 11.9. The molecule has 21 heavy (non-hydrogen) atoms. The molecule has 2 rings (SSSR count). The molecule has 0 unspecified atom stereocenters. The van der Waals surface area contributed by atoms with Crippen LogP contribution >= 0.6 is 12.2 Å². The Morgan fingerprint density at radius 1 is 1.14 bits per heavy atom. The molecule has 2 aromatic carbocycles. The van der Waals surface area contributed by atoms with Gasteiger partial charge in [-0.25, -0.2) is 4.39 Å². The van der Waals surface area contributed by atoms with Crippen LogP contribution in [0.5, 0.6) is 5.75 Å². The summed E-state index contributed by atoms with van der Waals surface area (Å²) in [7, 11) is 1.57. The zero-order chi connectivity index (χ0) is 15.2. The second-order valence-electron chi connectivity index (χ2n) is 4.12. The first-order chi connectivity index (χ1) is 10.1. The van der Waals surface area contributed by atoms with Gasteiger partial charge in [0.15, 0.2) is 5.11 Å². The molecular formula is C15H13FN2O2S. The molecule has 2 aromatic rings. The van der Waals surface area contributed by atoms with Gasteiger partial charge in [-0.05, 0) is 48.6 Å². The summed E-state index contributed by atoms with van der Waals surface area (Å²) in [6, 6.07) is 12.7. The molecule has 0 fully saturated rings. The molecule has 4 nitrogen and oxygen atoms in total. The van der Waals surface area contributed by atoms with Crippen LogP contribution in [0.2, 0.25) is 0 Å². The third kappa shape index (κ3) is 4.00. The minimum absolute atomic E-state index is 0.0589.